The van der Waals surface area contributed by atoms with Crippen LogP contribution in [0, 0.1) is 0 Å². The van der Waals surface area contributed by atoms with Crippen molar-refractivity contribution in [1.82, 2.24) is 0 Å². The van der Waals surface area contributed by atoms with Crippen molar-refractivity contribution in [2.75, 3.05) is 18.9 Å². The van der Waals surface area contributed by atoms with E-state index in [0.717, 1.165) is 22.8 Å². The molecular weight excluding hydrogens is 276 g/mol. The third-order valence-electron chi connectivity index (χ3n) is 3.89. The maximum absolute atomic E-state index is 12.1. The number of furan rings is 1. The van der Waals surface area contributed by atoms with Crippen LogP contribution in [0.1, 0.15) is 37.5 Å². The van der Waals surface area contributed by atoms with Crippen molar-refractivity contribution in [2.24, 2.45) is 0 Å². The highest BCUT2D eigenvalue weighted by Crippen LogP contribution is 2.20. The summed E-state index contributed by atoms with van der Waals surface area (Å²) in [6.07, 6.45) is 2.77. The first kappa shape index (κ1) is 16.3. The zero-order chi connectivity index (χ0) is 15.9. The van der Waals surface area contributed by atoms with Crippen LogP contribution in [0.3, 0.4) is 0 Å². The first-order valence-corrected chi connectivity index (χ1v) is 7.82. The first-order chi connectivity index (χ1) is 10.6. The Kier molecular flexibility index (Phi) is 5.78. The number of anilines is 1. The maximum atomic E-state index is 12.1. The van der Waals surface area contributed by atoms with Gasteiger partial charge in [-0.05, 0) is 42.2 Å². The SMILES string of the molecule is CC[C@@H](C)c1ccc(NC(=O)C[NH+](C)Cc2ccco2)cc1. The highest BCUT2D eigenvalue weighted by Gasteiger charge is 2.12. The molecule has 1 aromatic heterocycles. The van der Waals surface area contributed by atoms with Crippen molar-refractivity contribution in [1.29, 1.82) is 0 Å². The molecule has 2 N–H and O–H groups in total. The van der Waals surface area contributed by atoms with Crippen LogP contribution >= 0.6 is 0 Å². The van der Waals surface area contributed by atoms with Crippen LogP contribution in [0.25, 0.3) is 0 Å². The summed E-state index contributed by atoms with van der Waals surface area (Å²) >= 11 is 0. The average Bonchev–Trinajstić information content (AvgIpc) is 2.99. The van der Waals surface area contributed by atoms with Crippen molar-refractivity contribution < 1.29 is 14.1 Å². The van der Waals surface area contributed by atoms with Crippen molar-refractivity contribution in [2.45, 2.75) is 32.7 Å². The van der Waals surface area contributed by atoms with Crippen LogP contribution < -0.4 is 10.2 Å². The number of amides is 1. The number of nitrogens with one attached hydrogen (secondary N) is 2. The summed E-state index contributed by atoms with van der Waals surface area (Å²) in [4.78, 5) is 13.2. The molecule has 1 aromatic carbocycles. The van der Waals surface area contributed by atoms with E-state index in [1.54, 1.807) is 6.26 Å². The second-order valence-electron chi connectivity index (χ2n) is 5.87. The minimum atomic E-state index is 0.0142. The quantitative estimate of drug-likeness (QED) is 0.825. The summed E-state index contributed by atoms with van der Waals surface area (Å²) in [6.45, 7) is 5.50. The molecule has 22 heavy (non-hydrogen) atoms. The summed E-state index contributed by atoms with van der Waals surface area (Å²) in [5.74, 6) is 1.46. The summed E-state index contributed by atoms with van der Waals surface area (Å²) < 4.78 is 5.30. The van der Waals surface area contributed by atoms with E-state index in [4.69, 9.17) is 4.42 Å². The molecule has 1 amide bonds. The Morgan fingerprint density at radius 1 is 1.27 bits per heavy atom. The van der Waals surface area contributed by atoms with Gasteiger partial charge in [0.05, 0.1) is 13.3 Å². The Morgan fingerprint density at radius 3 is 2.59 bits per heavy atom. The Labute approximate surface area is 132 Å². The van der Waals surface area contributed by atoms with Gasteiger partial charge in [0.25, 0.3) is 5.91 Å². The second-order valence-corrected chi connectivity index (χ2v) is 5.87. The standard InChI is InChI=1S/C18H24N2O2/c1-4-14(2)15-7-9-16(10-8-15)19-18(21)13-20(3)12-17-6-5-11-22-17/h5-11,14H,4,12-13H2,1-3H3,(H,19,21)/p+1/t14-/m1/s1. The van der Waals surface area contributed by atoms with Gasteiger partial charge in [-0.25, -0.2) is 0 Å². The molecule has 0 aliphatic carbocycles. The number of hydrogen-bond acceptors (Lipinski definition) is 2. The molecule has 4 heteroatoms. The fourth-order valence-electron chi connectivity index (χ4n) is 2.38. The molecular formula is C18H25N2O2+. The Balaban J connectivity index is 1.83. The molecule has 1 unspecified atom stereocenters. The molecule has 2 aromatic rings. The summed E-state index contributed by atoms with van der Waals surface area (Å²) in [6, 6.07) is 11.9. The Hall–Kier alpha value is -2.07. The molecule has 1 heterocycles. The predicted molar refractivity (Wildman–Crippen MR) is 87.9 cm³/mol. The Bertz CT molecular complexity index is 576. The van der Waals surface area contributed by atoms with E-state index in [0.29, 0.717) is 19.0 Å². The molecule has 0 bridgehead atoms. The van der Waals surface area contributed by atoms with Gasteiger partial charge in [-0.1, -0.05) is 26.0 Å². The van der Waals surface area contributed by atoms with E-state index in [1.165, 1.54) is 5.56 Å². The zero-order valence-electron chi connectivity index (χ0n) is 13.6. The van der Waals surface area contributed by atoms with Crippen LogP contribution in [-0.2, 0) is 11.3 Å². The molecule has 0 saturated heterocycles. The van der Waals surface area contributed by atoms with Gasteiger partial charge >= 0.3 is 0 Å². The van der Waals surface area contributed by atoms with E-state index in [2.05, 4.69) is 31.3 Å². The van der Waals surface area contributed by atoms with E-state index >= 15 is 0 Å². The number of quaternary nitrogens is 1. The van der Waals surface area contributed by atoms with E-state index in [-0.39, 0.29) is 5.91 Å². The summed E-state index contributed by atoms with van der Waals surface area (Å²) in [5.41, 5.74) is 2.16. The first-order valence-electron chi connectivity index (χ1n) is 7.82. The van der Waals surface area contributed by atoms with Gasteiger partial charge in [-0.3, -0.25) is 4.79 Å². The minimum absolute atomic E-state index is 0.0142. The number of benzene rings is 1. The molecule has 0 radical (unpaired) electrons. The fraction of sp³-hybridized carbons (Fsp3) is 0.389. The van der Waals surface area contributed by atoms with Gasteiger partial charge in [0.2, 0.25) is 0 Å². The van der Waals surface area contributed by atoms with Crippen LogP contribution in [0.15, 0.2) is 47.1 Å². The topological polar surface area (TPSA) is 46.7 Å². The summed E-state index contributed by atoms with van der Waals surface area (Å²) in [7, 11) is 1.98. The second kappa shape index (κ2) is 7.80. The maximum Gasteiger partial charge on any atom is 0.279 e. The molecule has 2 atom stereocenters. The van der Waals surface area contributed by atoms with E-state index < -0.39 is 0 Å². The molecule has 0 spiro atoms. The van der Waals surface area contributed by atoms with Crippen molar-refractivity contribution >= 4 is 11.6 Å². The minimum Gasteiger partial charge on any atom is -0.463 e. The average molecular weight is 301 g/mol. The lowest BCUT2D eigenvalue weighted by Gasteiger charge is -2.13. The number of likely N-dealkylation sites (N-methyl/N-ethyl adjacent to an activating group) is 1. The van der Waals surface area contributed by atoms with Gasteiger partial charge in [0.15, 0.2) is 12.3 Å². The normalized spacial score (nSPS) is 13.6. The van der Waals surface area contributed by atoms with Crippen LogP contribution in [-0.4, -0.2) is 19.5 Å². The molecule has 0 aliphatic rings. The lowest BCUT2D eigenvalue weighted by atomic mass is 9.99. The third-order valence-corrected chi connectivity index (χ3v) is 3.89. The third kappa shape index (κ3) is 4.74. The highest BCUT2D eigenvalue weighted by molar-refractivity contribution is 5.91. The van der Waals surface area contributed by atoms with Gasteiger partial charge in [0.1, 0.15) is 6.54 Å². The molecule has 0 aliphatic heterocycles. The fourth-order valence-corrected chi connectivity index (χ4v) is 2.38. The molecule has 0 saturated carbocycles. The van der Waals surface area contributed by atoms with Gasteiger partial charge in [-0.2, -0.15) is 0 Å². The number of rotatable bonds is 7. The number of carbonyl (C=O) groups is 1. The molecule has 4 nitrogen and oxygen atoms in total. The largest absolute Gasteiger partial charge is 0.463 e. The van der Waals surface area contributed by atoms with Crippen molar-refractivity contribution in [3.05, 3.63) is 54.0 Å². The van der Waals surface area contributed by atoms with Crippen LogP contribution in [0.4, 0.5) is 5.69 Å². The molecule has 118 valence electrons. The zero-order valence-corrected chi connectivity index (χ0v) is 13.6. The van der Waals surface area contributed by atoms with Crippen molar-refractivity contribution in [3.8, 4) is 0 Å². The lowest BCUT2D eigenvalue weighted by Crippen LogP contribution is -3.08. The lowest BCUT2D eigenvalue weighted by molar-refractivity contribution is -0.886. The van der Waals surface area contributed by atoms with Gasteiger partial charge in [-0.15, -0.1) is 0 Å². The molecule has 2 rings (SSSR count). The van der Waals surface area contributed by atoms with Crippen molar-refractivity contribution in [3.63, 3.8) is 0 Å². The summed E-state index contributed by atoms with van der Waals surface area (Å²) in [5, 5.41) is 2.95. The highest BCUT2D eigenvalue weighted by atomic mass is 16.3. The smallest absolute Gasteiger partial charge is 0.279 e. The predicted octanol–water partition coefficient (Wildman–Crippen LogP) is 2.45. The number of hydrogen-bond donors (Lipinski definition) is 2. The van der Waals surface area contributed by atoms with Gasteiger partial charge in [0, 0.05) is 5.69 Å². The van der Waals surface area contributed by atoms with Gasteiger partial charge < -0.3 is 14.6 Å². The Morgan fingerprint density at radius 2 is 2.00 bits per heavy atom. The van der Waals surface area contributed by atoms with E-state index in [1.807, 2.05) is 31.3 Å². The van der Waals surface area contributed by atoms with E-state index in [9.17, 15) is 4.79 Å². The monoisotopic (exact) mass is 301 g/mol. The van der Waals surface area contributed by atoms with Crippen LogP contribution in [0.5, 0.6) is 0 Å². The number of carbonyl (C=O) groups excluding carboxylic acids is 1. The van der Waals surface area contributed by atoms with Crippen LogP contribution in [0.2, 0.25) is 0 Å². The molecule has 0 fully saturated rings.